The molecule has 12 heteroatoms. The second kappa shape index (κ2) is 11.7. The molecule has 1 aromatic heterocycles. The monoisotopic (exact) mass is 580 g/mol. The summed E-state index contributed by atoms with van der Waals surface area (Å²) >= 11 is 7.54. The van der Waals surface area contributed by atoms with E-state index in [0.717, 1.165) is 31.2 Å². The SMILES string of the molecule is CSc1nn2c(c1C(=O)NC1CCCCC1)NC(C)=C(C(=O)Nc1ccc([N+](=O)[O-])cc1)C2c1ccc(Cl)cc1. The maximum Gasteiger partial charge on any atom is 0.269 e. The van der Waals surface area contributed by atoms with Crippen molar-refractivity contribution in [1.29, 1.82) is 0 Å². The maximum atomic E-state index is 13.7. The lowest BCUT2D eigenvalue weighted by Gasteiger charge is -2.30. The predicted molar refractivity (Wildman–Crippen MR) is 156 cm³/mol. The van der Waals surface area contributed by atoms with E-state index in [4.69, 9.17) is 16.7 Å². The highest BCUT2D eigenvalue weighted by Crippen LogP contribution is 2.41. The Balaban J connectivity index is 1.54. The Kier molecular flexibility index (Phi) is 8.13. The summed E-state index contributed by atoms with van der Waals surface area (Å²) in [4.78, 5) is 37.8. The van der Waals surface area contributed by atoms with Gasteiger partial charge in [0.2, 0.25) is 0 Å². The summed E-state index contributed by atoms with van der Waals surface area (Å²) in [6, 6.07) is 12.3. The molecule has 2 heterocycles. The number of benzene rings is 2. The van der Waals surface area contributed by atoms with Gasteiger partial charge in [0.25, 0.3) is 17.5 Å². The van der Waals surface area contributed by atoms with Crippen LogP contribution in [0.1, 0.15) is 61.0 Å². The highest BCUT2D eigenvalue weighted by molar-refractivity contribution is 7.98. The third-order valence-electron chi connectivity index (χ3n) is 7.23. The molecule has 0 spiro atoms. The molecule has 1 fully saturated rings. The lowest BCUT2D eigenvalue weighted by Crippen LogP contribution is -2.37. The van der Waals surface area contributed by atoms with Crippen molar-refractivity contribution in [2.45, 2.75) is 56.1 Å². The number of amides is 2. The summed E-state index contributed by atoms with van der Waals surface area (Å²) in [6.45, 7) is 1.78. The second-order valence-electron chi connectivity index (χ2n) is 9.86. The minimum atomic E-state index is -0.659. The average Bonchev–Trinajstić information content (AvgIpc) is 3.31. The van der Waals surface area contributed by atoms with Crippen molar-refractivity contribution in [3.05, 3.63) is 86.1 Å². The van der Waals surface area contributed by atoms with Crippen LogP contribution in [0.4, 0.5) is 17.2 Å². The maximum absolute atomic E-state index is 13.7. The Morgan fingerprint density at radius 2 is 1.75 bits per heavy atom. The number of hydrogen-bond donors (Lipinski definition) is 3. The van der Waals surface area contributed by atoms with Gasteiger partial charge in [-0.2, -0.15) is 5.10 Å². The number of nitrogens with zero attached hydrogens (tertiary/aromatic N) is 3. The molecule has 1 saturated carbocycles. The zero-order chi connectivity index (χ0) is 28.4. The number of thioether (sulfide) groups is 1. The lowest BCUT2D eigenvalue weighted by molar-refractivity contribution is -0.384. The summed E-state index contributed by atoms with van der Waals surface area (Å²) in [6.07, 6.45) is 7.15. The van der Waals surface area contributed by atoms with Gasteiger partial charge in [-0.25, -0.2) is 4.68 Å². The van der Waals surface area contributed by atoms with E-state index in [2.05, 4.69) is 16.0 Å². The zero-order valence-corrected chi connectivity index (χ0v) is 23.6. The van der Waals surface area contributed by atoms with Crippen LogP contribution < -0.4 is 16.0 Å². The Bertz CT molecular complexity index is 1480. The van der Waals surface area contributed by atoms with Gasteiger partial charge < -0.3 is 16.0 Å². The molecule has 0 bridgehead atoms. The molecule has 1 atom stereocenters. The van der Waals surface area contributed by atoms with Crippen LogP contribution in [0, 0.1) is 10.1 Å². The number of halogens is 1. The molecule has 1 aliphatic heterocycles. The van der Waals surface area contributed by atoms with Crippen LogP contribution in [-0.2, 0) is 4.79 Å². The Hall–Kier alpha value is -3.83. The van der Waals surface area contributed by atoms with Gasteiger partial charge >= 0.3 is 0 Å². The molecular weight excluding hydrogens is 552 g/mol. The molecule has 3 N–H and O–H groups in total. The Morgan fingerprint density at radius 1 is 1.07 bits per heavy atom. The van der Waals surface area contributed by atoms with E-state index in [1.165, 1.54) is 42.4 Å². The van der Waals surface area contributed by atoms with E-state index in [1.54, 1.807) is 23.7 Å². The standard InChI is InChI=1S/C28H29ClN6O4S/c1-16-22(26(36)32-20-12-14-21(15-13-20)35(38)39)24(17-8-10-18(29)11-9-17)34-25(30-16)23(28(33-34)40-2)27(37)31-19-6-4-3-5-7-19/h8-15,19,24,30H,3-7H2,1-2H3,(H,31,37)(H,32,36). The summed E-state index contributed by atoms with van der Waals surface area (Å²) < 4.78 is 1.68. The van der Waals surface area contributed by atoms with Gasteiger partial charge in [-0.3, -0.25) is 19.7 Å². The van der Waals surface area contributed by atoms with E-state index in [9.17, 15) is 19.7 Å². The van der Waals surface area contributed by atoms with Gasteiger partial charge in [-0.15, -0.1) is 11.8 Å². The molecule has 2 aliphatic rings. The molecule has 2 aromatic carbocycles. The van der Waals surface area contributed by atoms with Crippen LogP contribution in [0.5, 0.6) is 0 Å². The van der Waals surface area contributed by atoms with Gasteiger partial charge in [0, 0.05) is 34.6 Å². The highest BCUT2D eigenvalue weighted by atomic mass is 35.5. The van der Waals surface area contributed by atoms with Crippen LogP contribution in [0.3, 0.4) is 0 Å². The summed E-state index contributed by atoms with van der Waals surface area (Å²) in [5.41, 5.74) is 2.50. The minimum absolute atomic E-state index is 0.0726. The lowest BCUT2D eigenvalue weighted by atomic mass is 9.94. The average molecular weight is 581 g/mol. The third kappa shape index (κ3) is 5.57. The fourth-order valence-electron chi connectivity index (χ4n) is 5.26. The van der Waals surface area contributed by atoms with Gasteiger partial charge in [0.1, 0.15) is 22.4 Å². The molecule has 208 valence electrons. The summed E-state index contributed by atoms with van der Waals surface area (Å²) in [5, 5.41) is 26.3. The molecule has 10 nitrogen and oxygen atoms in total. The van der Waals surface area contributed by atoms with Crippen LogP contribution in [0.2, 0.25) is 5.02 Å². The first kappa shape index (κ1) is 27.7. The molecule has 0 saturated heterocycles. The Morgan fingerprint density at radius 3 is 2.38 bits per heavy atom. The highest BCUT2D eigenvalue weighted by Gasteiger charge is 2.37. The van der Waals surface area contributed by atoms with Gasteiger partial charge in [-0.05, 0) is 55.9 Å². The van der Waals surface area contributed by atoms with Crippen molar-refractivity contribution in [3.63, 3.8) is 0 Å². The minimum Gasteiger partial charge on any atom is -0.349 e. The van der Waals surface area contributed by atoms with Crippen LogP contribution in [0.25, 0.3) is 0 Å². The van der Waals surface area contributed by atoms with E-state index < -0.39 is 16.9 Å². The molecule has 2 amide bonds. The number of hydrogen-bond acceptors (Lipinski definition) is 7. The first-order chi connectivity index (χ1) is 19.3. The molecular formula is C28H29ClN6O4S. The number of aromatic nitrogens is 2. The molecule has 0 radical (unpaired) electrons. The number of nitrogens with one attached hydrogen (secondary N) is 3. The number of carbonyl (C=O) groups excluding carboxylic acids is 2. The van der Waals surface area contributed by atoms with Crippen molar-refractivity contribution in [2.75, 3.05) is 16.9 Å². The van der Waals surface area contributed by atoms with Crippen LogP contribution in [-0.4, -0.2) is 38.8 Å². The van der Waals surface area contributed by atoms with Crippen LogP contribution >= 0.6 is 23.4 Å². The number of anilines is 2. The van der Waals surface area contributed by atoms with Crippen LogP contribution in [0.15, 0.2) is 64.8 Å². The number of fused-ring (bicyclic) bond motifs is 1. The third-order valence-corrected chi connectivity index (χ3v) is 8.16. The number of nitro groups is 1. The number of non-ortho nitro benzene ring substituents is 1. The first-order valence-corrected chi connectivity index (χ1v) is 14.6. The summed E-state index contributed by atoms with van der Waals surface area (Å²) in [7, 11) is 0. The predicted octanol–water partition coefficient (Wildman–Crippen LogP) is 6.16. The van der Waals surface area contributed by atoms with E-state index in [-0.39, 0.29) is 17.6 Å². The van der Waals surface area contributed by atoms with Crippen molar-refractivity contribution in [1.82, 2.24) is 15.1 Å². The largest absolute Gasteiger partial charge is 0.349 e. The molecule has 1 aliphatic carbocycles. The van der Waals surface area contributed by atoms with E-state index in [0.29, 0.717) is 38.4 Å². The zero-order valence-electron chi connectivity index (χ0n) is 22.1. The Labute approximate surface area is 240 Å². The van der Waals surface area contributed by atoms with Gasteiger partial charge in [0.05, 0.1) is 10.5 Å². The number of nitro benzene ring substituents is 1. The smallest absolute Gasteiger partial charge is 0.269 e. The number of allylic oxidation sites excluding steroid dienone is 1. The molecule has 1 unspecified atom stereocenters. The quantitative estimate of drug-likeness (QED) is 0.173. The van der Waals surface area contributed by atoms with Crippen molar-refractivity contribution >= 4 is 52.4 Å². The van der Waals surface area contributed by atoms with Crippen molar-refractivity contribution < 1.29 is 14.5 Å². The second-order valence-corrected chi connectivity index (χ2v) is 11.1. The van der Waals surface area contributed by atoms with Crippen molar-refractivity contribution in [3.8, 4) is 0 Å². The van der Waals surface area contributed by atoms with E-state index >= 15 is 0 Å². The fourth-order valence-corrected chi connectivity index (χ4v) is 5.95. The topological polar surface area (TPSA) is 131 Å². The molecule has 3 aromatic rings. The molecule has 40 heavy (non-hydrogen) atoms. The van der Waals surface area contributed by atoms with Gasteiger partial charge in [0.15, 0.2) is 0 Å². The number of rotatable bonds is 7. The van der Waals surface area contributed by atoms with Gasteiger partial charge in [-0.1, -0.05) is 43.0 Å². The molecule has 5 rings (SSSR count). The number of carbonyl (C=O) groups is 2. The first-order valence-electron chi connectivity index (χ1n) is 13.0. The normalized spacial score (nSPS) is 17.1. The summed E-state index contributed by atoms with van der Waals surface area (Å²) in [5.74, 6) is -0.0766. The van der Waals surface area contributed by atoms with E-state index in [1.807, 2.05) is 18.4 Å². The van der Waals surface area contributed by atoms with Crippen molar-refractivity contribution in [2.24, 2.45) is 0 Å². The fraction of sp³-hybridized carbons (Fsp3) is 0.321.